The highest BCUT2D eigenvalue weighted by atomic mass is 32.1. The molecule has 7 nitrogen and oxygen atoms in total. The summed E-state index contributed by atoms with van der Waals surface area (Å²) in [6.45, 7) is 5.18. The van der Waals surface area contributed by atoms with Gasteiger partial charge < -0.3 is 9.80 Å². The van der Waals surface area contributed by atoms with Crippen molar-refractivity contribution in [3.63, 3.8) is 0 Å². The number of piperazine rings is 1. The SMILES string of the molecule is O=C(Nc1nc2c(s1)CN(CC(=O)N1CCN(c3ccccc3)CC1)CC2)c1ccsc1. The van der Waals surface area contributed by atoms with E-state index in [4.69, 9.17) is 0 Å². The first-order chi connectivity index (χ1) is 15.7. The molecule has 1 N–H and O–H groups in total. The summed E-state index contributed by atoms with van der Waals surface area (Å²) >= 11 is 3.01. The molecule has 1 fully saturated rings. The van der Waals surface area contributed by atoms with Crippen molar-refractivity contribution in [1.29, 1.82) is 0 Å². The maximum atomic E-state index is 12.9. The first kappa shape index (κ1) is 21.1. The molecule has 5 rings (SSSR count). The normalized spacial score (nSPS) is 16.6. The van der Waals surface area contributed by atoms with Gasteiger partial charge in [0.1, 0.15) is 0 Å². The van der Waals surface area contributed by atoms with Gasteiger partial charge in [0, 0.05) is 61.6 Å². The van der Waals surface area contributed by atoms with Crippen LogP contribution in [0.4, 0.5) is 10.8 Å². The van der Waals surface area contributed by atoms with Gasteiger partial charge in [0.2, 0.25) is 5.91 Å². The number of rotatable bonds is 5. The van der Waals surface area contributed by atoms with Crippen LogP contribution in [-0.4, -0.2) is 65.9 Å². The van der Waals surface area contributed by atoms with Gasteiger partial charge in [-0.25, -0.2) is 4.98 Å². The molecule has 0 bridgehead atoms. The second-order valence-electron chi connectivity index (χ2n) is 8.02. The summed E-state index contributed by atoms with van der Waals surface area (Å²) in [5.41, 5.74) is 2.91. The molecule has 1 aromatic carbocycles. The Morgan fingerprint density at radius 2 is 1.84 bits per heavy atom. The van der Waals surface area contributed by atoms with Crippen LogP contribution in [0.15, 0.2) is 47.2 Å². The molecule has 0 aliphatic carbocycles. The predicted molar refractivity (Wildman–Crippen MR) is 129 cm³/mol. The topological polar surface area (TPSA) is 68.8 Å². The molecule has 2 amide bonds. The Morgan fingerprint density at radius 1 is 1.03 bits per heavy atom. The number of aromatic nitrogens is 1. The number of carbonyl (C=O) groups is 2. The van der Waals surface area contributed by atoms with Gasteiger partial charge in [0.05, 0.1) is 17.8 Å². The molecule has 32 heavy (non-hydrogen) atoms. The van der Waals surface area contributed by atoms with E-state index in [0.717, 1.165) is 49.7 Å². The fraction of sp³-hybridized carbons (Fsp3) is 0.348. The number of amides is 2. The Hall–Kier alpha value is -2.75. The minimum absolute atomic E-state index is 0.126. The van der Waals surface area contributed by atoms with Crippen LogP contribution >= 0.6 is 22.7 Å². The summed E-state index contributed by atoms with van der Waals surface area (Å²) in [5.74, 6) is 0.0655. The average Bonchev–Trinajstić information content (AvgIpc) is 3.49. The average molecular weight is 468 g/mol. The largest absolute Gasteiger partial charge is 0.368 e. The van der Waals surface area contributed by atoms with Gasteiger partial charge >= 0.3 is 0 Å². The fourth-order valence-electron chi connectivity index (χ4n) is 4.14. The number of nitrogens with one attached hydrogen (secondary N) is 1. The smallest absolute Gasteiger partial charge is 0.258 e. The molecule has 0 spiro atoms. The number of nitrogens with zero attached hydrogens (tertiary/aromatic N) is 4. The van der Waals surface area contributed by atoms with Crippen LogP contribution in [0, 0.1) is 0 Å². The zero-order valence-corrected chi connectivity index (χ0v) is 19.3. The third-order valence-electron chi connectivity index (χ3n) is 5.93. The second-order valence-corrected chi connectivity index (χ2v) is 9.88. The first-order valence-electron chi connectivity index (χ1n) is 10.8. The zero-order chi connectivity index (χ0) is 21.9. The van der Waals surface area contributed by atoms with E-state index in [1.54, 1.807) is 6.07 Å². The lowest BCUT2D eigenvalue weighted by molar-refractivity contribution is -0.132. The van der Waals surface area contributed by atoms with Gasteiger partial charge in [0.25, 0.3) is 5.91 Å². The van der Waals surface area contributed by atoms with E-state index in [-0.39, 0.29) is 11.8 Å². The van der Waals surface area contributed by atoms with E-state index < -0.39 is 0 Å². The number of anilines is 2. The van der Waals surface area contributed by atoms with Crippen molar-refractivity contribution in [2.24, 2.45) is 0 Å². The molecule has 0 atom stereocenters. The van der Waals surface area contributed by atoms with Crippen LogP contribution in [0.5, 0.6) is 0 Å². The highest BCUT2D eigenvalue weighted by Gasteiger charge is 2.26. The van der Waals surface area contributed by atoms with Crippen LogP contribution in [0.2, 0.25) is 0 Å². The second kappa shape index (κ2) is 9.40. The Kier molecular flexibility index (Phi) is 6.20. The number of thiazole rings is 1. The summed E-state index contributed by atoms with van der Waals surface area (Å²) < 4.78 is 0. The lowest BCUT2D eigenvalue weighted by Gasteiger charge is -2.37. The molecule has 2 aliphatic rings. The first-order valence-corrected chi connectivity index (χ1v) is 12.5. The van der Waals surface area contributed by atoms with Crippen LogP contribution in [0.25, 0.3) is 0 Å². The highest BCUT2D eigenvalue weighted by Crippen LogP contribution is 2.29. The van der Waals surface area contributed by atoms with E-state index in [1.165, 1.54) is 28.4 Å². The number of benzene rings is 1. The summed E-state index contributed by atoms with van der Waals surface area (Å²) in [7, 11) is 0. The Balaban J connectivity index is 1.13. The van der Waals surface area contributed by atoms with Gasteiger partial charge in [-0.15, -0.1) is 11.3 Å². The van der Waals surface area contributed by atoms with E-state index in [9.17, 15) is 9.59 Å². The van der Waals surface area contributed by atoms with Crippen molar-refractivity contribution in [1.82, 2.24) is 14.8 Å². The number of hydrogen-bond donors (Lipinski definition) is 1. The molecule has 2 aromatic heterocycles. The van der Waals surface area contributed by atoms with Gasteiger partial charge in [0.15, 0.2) is 5.13 Å². The van der Waals surface area contributed by atoms with E-state index in [2.05, 4.69) is 44.4 Å². The summed E-state index contributed by atoms with van der Waals surface area (Å²) in [4.78, 5) is 37.4. The van der Waals surface area contributed by atoms with Crippen molar-refractivity contribution in [3.8, 4) is 0 Å². The van der Waals surface area contributed by atoms with Crippen LogP contribution in [-0.2, 0) is 17.8 Å². The molecular formula is C23H25N5O2S2. The molecule has 0 radical (unpaired) electrons. The number of para-hydroxylation sites is 1. The molecule has 1 saturated heterocycles. The van der Waals surface area contributed by atoms with Gasteiger partial charge in [-0.1, -0.05) is 18.2 Å². The molecule has 166 valence electrons. The molecule has 3 aromatic rings. The number of hydrogen-bond acceptors (Lipinski definition) is 7. The summed E-state index contributed by atoms with van der Waals surface area (Å²) in [6, 6.07) is 12.2. The minimum Gasteiger partial charge on any atom is -0.368 e. The molecule has 4 heterocycles. The standard InChI is InChI=1S/C23H25N5O2S2/c29-21(28-11-9-27(10-12-28)18-4-2-1-3-5-18)15-26-8-6-19-20(14-26)32-23(24-19)25-22(30)17-7-13-31-16-17/h1-5,7,13,16H,6,8-12,14-15H2,(H,24,25,30). The zero-order valence-electron chi connectivity index (χ0n) is 17.7. The predicted octanol–water partition coefficient (Wildman–Crippen LogP) is 3.16. The molecular weight excluding hydrogens is 442 g/mol. The van der Waals surface area contributed by atoms with Gasteiger partial charge in [-0.3, -0.25) is 19.8 Å². The van der Waals surface area contributed by atoms with E-state index >= 15 is 0 Å². The van der Waals surface area contributed by atoms with Crippen LogP contribution < -0.4 is 10.2 Å². The van der Waals surface area contributed by atoms with Crippen molar-refractivity contribution in [2.75, 3.05) is 49.5 Å². The number of fused-ring (bicyclic) bond motifs is 1. The monoisotopic (exact) mass is 467 g/mol. The number of thiophene rings is 1. The van der Waals surface area contributed by atoms with Crippen LogP contribution in [0.1, 0.15) is 20.9 Å². The molecule has 0 unspecified atom stereocenters. The van der Waals surface area contributed by atoms with Crippen molar-refractivity contribution in [2.45, 2.75) is 13.0 Å². The third kappa shape index (κ3) is 4.69. The van der Waals surface area contributed by atoms with E-state index in [0.29, 0.717) is 23.8 Å². The fourth-order valence-corrected chi connectivity index (χ4v) is 5.83. The molecule has 9 heteroatoms. The quantitative estimate of drug-likeness (QED) is 0.624. The maximum Gasteiger partial charge on any atom is 0.258 e. The highest BCUT2D eigenvalue weighted by molar-refractivity contribution is 7.16. The summed E-state index contributed by atoms with van der Waals surface area (Å²) in [6.07, 6.45) is 0.801. The maximum absolute atomic E-state index is 12.9. The Morgan fingerprint density at radius 3 is 2.59 bits per heavy atom. The van der Waals surface area contributed by atoms with Crippen molar-refractivity contribution in [3.05, 3.63) is 63.3 Å². The Bertz CT molecular complexity index is 1080. The van der Waals surface area contributed by atoms with Gasteiger partial charge in [-0.05, 0) is 23.6 Å². The van der Waals surface area contributed by atoms with E-state index in [1.807, 2.05) is 21.7 Å². The van der Waals surface area contributed by atoms with Crippen molar-refractivity contribution >= 4 is 45.3 Å². The Labute approximate surface area is 195 Å². The third-order valence-corrected chi connectivity index (χ3v) is 7.61. The lowest BCUT2D eigenvalue weighted by Crippen LogP contribution is -2.51. The summed E-state index contributed by atoms with van der Waals surface area (Å²) in [5, 5.41) is 7.26. The number of carbonyl (C=O) groups excluding carboxylic acids is 2. The van der Waals surface area contributed by atoms with Gasteiger partial charge in [-0.2, -0.15) is 11.3 Å². The molecule has 0 saturated carbocycles. The molecule has 2 aliphatic heterocycles. The lowest BCUT2D eigenvalue weighted by atomic mass is 10.2. The minimum atomic E-state index is -0.126. The van der Waals surface area contributed by atoms with Crippen molar-refractivity contribution < 1.29 is 9.59 Å². The van der Waals surface area contributed by atoms with Crippen LogP contribution in [0.3, 0.4) is 0 Å².